The van der Waals surface area contributed by atoms with E-state index >= 15 is 0 Å². The molecule has 0 aliphatic rings. The molecular weight excluding hydrogens is 160 g/mol. The summed E-state index contributed by atoms with van der Waals surface area (Å²) in [5.74, 6) is 0. The zero-order valence-corrected chi connectivity index (χ0v) is 7.70. The lowest BCUT2D eigenvalue weighted by molar-refractivity contribution is 0.923. The number of nitrogens with zero attached hydrogens (tertiary/aromatic N) is 2. The summed E-state index contributed by atoms with van der Waals surface area (Å²) in [5, 5.41) is 10.0. The van der Waals surface area contributed by atoms with Crippen molar-refractivity contribution in [2.75, 3.05) is 0 Å². The predicted molar refractivity (Wildman–Crippen MR) is 53.5 cm³/mol. The van der Waals surface area contributed by atoms with Gasteiger partial charge in [-0.25, -0.2) is 0 Å². The summed E-state index contributed by atoms with van der Waals surface area (Å²) in [5.41, 5.74) is 1.38. The fourth-order valence-corrected chi connectivity index (χ4v) is 1.49. The Kier molecular flexibility index (Phi) is 2.21. The van der Waals surface area contributed by atoms with Crippen LogP contribution in [-0.2, 0) is 6.42 Å². The van der Waals surface area contributed by atoms with Crippen molar-refractivity contribution < 1.29 is 0 Å². The third kappa shape index (κ3) is 1.66. The van der Waals surface area contributed by atoms with Crippen molar-refractivity contribution in [3.8, 4) is 0 Å². The SMILES string of the molecule is CCCc1ccc2cnncc2c1. The van der Waals surface area contributed by atoms with Gasteiger partial charge < -0.3 is 0 Å². The Bertz CT molecular complexity index is 410. The van der Waals surface area contributed by atoms with Crippen LogP contribution in [0.4, 0.5) is 0 Å². The molecule has 0 unspecified atom stereocenters. The molecule has 0 atom stereocenters. The van der Waals surface area contributed by atoms with E-state index in [2.05, 4.69) is 35.3 Å². The Morgan fingerprint density at radius 3 is 2.62 bits per heavy atom. The van der Waals surface area contributed by atoms with E-state index in [9.17, 15) is 0 Å². The van der Waals surface area contributed by atoms with E-state index in [1.165, 1.54) is 17.4 Å². The van der Waals surface area contributed by atoms with Crippen LogP contribution in [0.25, 0.3) is 10.8 Å². The van der Waals surface area contributed by atoms with E-state index in [-0.39, 0.29) is 0 Å². The molecule has 2 heteroatoms. The first-order valence-corrected chi connectivity index (χ1v) is 4.59. The molecule has 0 saturated heterocycles. The fourth-order valence-electron chi connectivity index (χ4n) is 1.49. The molecule has 0 amide bonds. The molecule has 0 bridgehead atoms. The van der Waals surface area contributed by atoms with Crippen molar-refractivity contribution in [1.82, 2.24) is 10.2 Å². The van der Waals surface area contributed by atoms with Crippen LogP contribution in [0, 0.1) is 0 Å². The van der Waals surface area contributed by atoms with Gasteiger partial charge in [-0.2, -0.15) is 10.2 Å². The molecule has 1 aromatic carbocycles. The first-order chi connectivity index (χ1) is 6.40. The first kappa shape index (κ1) is 8.17. The number of aryl methyl sites for hydroxylation is 1. The van der Waals surface area contributed by atoms with Gasteiger partial charge >= 0.3 is 0 Å². The maximum absolute atomic E-state index is 3.86. The van der Waals surface area contributed by atoms with Crippen LogP contribution in [-0.4, -0.2) is 10.2 Å². The van der Waals surface area contributed by atoms with Crippen LogP contribution < -0.4 is 0 Å². The second-order valence-corrected chi connectivity index (χ2v) is 3.20. The van der Waals surface area contributed by atoms with Gasteiger partial charge in [0.15, 0.2) is 0 Å². The second kappa shape index (κ2) is 3.52. The van der Waals surface area contributed by atoms with Crippen LogP contribution in [0.5, 0.6) is 0 Å². The Morgan fingerprint density at radius 2 is 1.85 bits per heavy atom. The molecule has 2 aromatic rings. The van der Waals surface area contributed by atoms with E-state index in [0.717, 1.165) is 11.8 Å². The van der Waals surface area contributed by atoms with E-state index in [1.54, 1.807) is 6.20 Å². The summed E-state index contributed by atoms with van der Waals surface area (Å²) in [6.45, 7) is 2.19. The normalized spacial score (nSPS) is 10.5. The largest absolute Gasteiger partial charge is 0.158 e. The minimum absolute atomic E-state index is 1.14. The molecule has 0 spiro atoms. The van der Waals surface area contributed by atoms with E-state index in [1.807, 2.05) is 6.20 Å². The van der Waals surface area contributed by atoms with Gasteiger partial charge in [0.2, 0.25) is 0 Å². The van der Waals surface area contributed by atoms with Crippen molar-refractivity contribution in [3.05, 3.63) is 36.2 Å². The maximum Gasteiger partial charge on any atom is 0.0574 e. The summed E-state index contributed by atoms with van der Waals surface area (Å²) in [6, 6.07) is 6.45. The molecule has 0 aliphatic heterocycles. The van der Waals surface area contributed by atoms with Crippen LogP contribution in [0.3, 0.4) is 0 Å². The van der Waals surface area contributed by atoms with Crippen LogP contribution in [0.15, 0.2) is 30.6 Å². The second-order valence-electron chi connectivity index (χ2n) is 3.20. The Labute approximate surface area is 77.6 Å². The zero-order valence-electron chi connectivity index (χ0n) is 7.70. The quantitative estimate of drug-likeness (QED) is 0.695. The third-order valence-electron chi connectivity index (χ3n) is 2.15. The third-order valence-corrected chi connectivity index (χ3v) is 2.15. The highest BCUT2D eigenvalue weighted by molar-refractivity contribution is 5.81. The number of hydrogen-bond donors (Lipinski definition) is 0. The van der Waals surface area contributed by atoms with Gasteiger partial charge in [0.05, 0.1) is 12.4 Å². The van der Waals surface area contributed by atoms with E-state index in [0.29, 0.717) is 0 Å². The molecule has 2 nitrogen and oxygen atoms in total. The highest BCUT2D eigenvalue weighted by Crippen LogP contribution is 2.14. The molecule has 0 aliphatic carbocycles. The number of fused-ring (bicyclic) bond motifs is 1. The average Bonchev–Trinajstić information content (AvgIpc) is 2.18. The Balaban J connectivity index is 2.49. The van der Waals surface area contributed by atoms with Crippen molar-refractivity contribution in [3.63, 3.8) is 0 Å². The summed E-state index contributed by atoms with van der Waals surface area (Å²) in [6.07, 6.45) is 5.93. The van der Waals surface area contributed by atoms with Crippen LogP contribution in [0.1, 0.15) is 18.9 Å². The van der Waals surface area contributed by atoms with Crippen LogP contribution >= 0.6 is 0 Å². The molecular formula is C11H12N2. The smallest absolute Gasteiger partial charge is 0.0574 e. The molecule has 2 rings (SSSR count). The van der Waals surface area contributed by atoms with Gasteiger partial charge in [-0.05, 0) is 18.1 Å². The van der Waals surface area contributed by atoms with Crippen LogP contribution in [0.2, 0.25) is 0 Å². The highest BCUT2D eigenvalue weighted by atomic mass is 15.1. The summed E-state index contributed by atoms with van der Waals surface area (Å²) >= 11 is 0. The molecule has 66 valence electrons. The van der Waals surface area contributed by atoms with Gasteiger partial charge in [0.1, 0.15) is 0 Å². The number of hydrogen-bond acceptors (Lipinski definition) is 2. The predicted octanol–water partition coefficient (Wildman–Crippen LogP) is 2.58. The van der Waals surface area contributed by atoms with Crippen molar-refractivity contribution >= 4 is 10.8 Å². The highest BCUT2D eigenvalue weighted by Gasteiger charge is 1.95. The lowest BCUT2D eigenvalue weighted by Gasteiger charge is -2.00. The van der Waals surface area contributed by atoms with Crippen molar-refractivity contribution in [2.45, 2.75) is 19.8 Å². The van der Waals surface area contributed by atoms with Gasteiger partial charge in [-0.3, -0.25) is 0 Å². The monoisotopic (exact) mass is 172 g/mol. The first-order valence-electron chi connectivity index (χ1n) is 4.59. The molecule has 0 saturated carbocycles. The number of aromatic nitrogens is 2. The van der Waals surface area contributed by atoms with E-state index < -0.39 is 0 Å². The van der Waals surface area contributed by atoms with E-state index in [4.69, 9.17) is 0 Å². The van der Waals surface area contributed by atoms with Gasteiger partial charge in [0.25, 0.3) is 0 Å². The summed E-state index contributed by atoms with van der Waals surface area (Å²) < 4.78 is 0. The maximum atomic E-state index is 3.86. The Hall–Kier alpha value is -1.44. The van der Waals surface area contributed by atoms with Crippen molar-refractivity contribution in [2.24, 2.45) is 0 Å². The average molecular weight is 172 g/mol. The number of benzene rings is 1. The standard InChI is InChI=1S/C11H12N2/c1-2-3-9-4-5-10-7-12-13-8-11(10)6-9/h4-8H,2-3H2,1H3. The van der Waals surface area contributed by atoms with Gasteiger partial charge in [-0.1, -0.05) is 25.5 Å². The van der Waals surface area contributed by atoms with Gasteiger partial charge in [0, 0.05) is 10.8 Å². The number of rotatable bonds is 2. The zero-order chi connectivity index (χ0) is 9.10. The molecule has 0 radical (unpaired) electrons. The molecule has 13 heavy (non-hydrogen) atoms. The lowest BCUT2D eigenvalue weighted by atomic mass is 10.1. The summed E-state index contributed by atoms with van der Waals surface area (Å²) in [7, 11) is 0. The minimum Gasteiger partial charge on any atom is -0.158 e. The molecule has 0 N–H and O–H groups in total. The lowest BCUT2D eigenvalue weighted by Crippen LogP contribution is -1.85. The molecule has 1 aromatic heterocycles. The minimum atomic E-state index is 1.14. The topological polar surface area (TPSA) is 25.8 Å². The molecule has 1 heterocycles. The molecule has 0 fully saturated rings. The fraction of sp³-hybridized carbons (Fsp3) is 0.273. The van der Waals surface area contributed by atoms with Gasteiger partial charge in [-0.15, -0.1) is 0 Å². The summed E-state index contributed by atoms with van der Waals surface area (Å²) in [4.78, 5) is 0. The Morgan fingerprint density at radius 1 is 1.08 bits per heavy atom. The van der Waals surface area contributed by atoms with Crippen molar-refractivity contribution in [1.29, 1.82) is 0 Å².